The maximum Gasteiger partial charge on any atom is 0.263 e. The number of nitrogens with one attached hydrogen (secondary N) is 1. The fourth-order valence-electron chi connectivity index (χ4n) is 3.29. The third-order valence-electron chi connectivity index (χ3n) is 4.85. The van der Waals surface area contributed by atoms with Gasteiger partial charge in [0, 0.05) is 43.6 Å². The van der Waals surface area contributed by atoms with Crippen LogP contribution in [0.2, 0.25) is 0 Å². The van der Waals surface area contributed by atoms with Crippen LogP contribution in [0.1, 0.15) is 46.4 Å². The highest BCUT2D eigenvalue weighted by Gasteiger charge is 2.36. The molecule has 0 radical (unpaired) electrons. The Labute approximate surface area is 143 Å². The topological polar surface area (TPSA) is 112 Å². The van der Waals surface area contributed by atoms with Gasteiger partial charge in [-0.1, -0.05) is 5.16 Å². The van der Waals surface area contributed by atoms with Crippen molar-refractivity contribution in [3.8, 4) is 0 Å². The Balaban J connectivity index is 1.46. The van der Waals surface area contributed by atoms with Crippen LogP contribution < -0.4 is 5.56 Å². The number of aromatic amines is 1. The molecule has 1 amide bonds. The van der Waals surface area contributed by atoms with Gasteiger partial charge in [-0.25, -0.2) is 4.98 Å². The summed E-state index contributed by atoms with van der Waals surface area (Å²) in [5.74, 6) is 1.12. The Bertz CT molecular complexity index is 854. The number of nitrogens with zero attached hydrogens (tertiary/aromatic N) is 3. The minimum atomic E-state index is -0.660. The zero-order chi connectivity index (χ0) is 17.6. The summed E-state index contributed by atoms with van der Waals surface area (Å²) in [5, 5.41) is 14.1. The molecule has 1 saturated heterocycles. The maximum atomic E-state index is 12.6. The van der Waals surface area contributed by atoms with Crippen molar-refractivity contribution in [1.29, 1.82) is 0 Å². The van der Waals surface area contributed by atoms with Crippen molar-refractivity contribution in [1.82, 2.24) is 20.0 Å². The van der Waals surface area contributed by atoms with E-state index in [2.05, 4.69) is 15.1 Å². The molecule has 1 aliphatic carbocycles. The molecule has 2 aliphatic rings. The van der Waals surface area contributed by atoms with Gasteiger partial charge in [-0.15, -0.1) is 0 Å². The number of aliphatic hydroxyl groups excluding tert-OH is 1. The van der Waals surface area contributed by atoms with E-state index < -0.39 is 17.6 Å². The fraction of sp³-hybridized carbons (Fsp3) is 0.529. The van der Waals surface area contributed by atoms with Crippen molar-refractivity contribution in [2.24, 2.45) is 5.92 Å². The van der Waals surface area contributed by atoms with Crippen LogP contribution in [0.15, 0.2) is 21.6 Å². The monoisotopic (exact) mass is 344 g/mol. The smallest absolute Gasteiger partial charge is 0.263 e. The summed E-state index contributed by atoms with van der Waals surface area (Å²) in [6.07, 6.45) is 3.25. The molecule has 0 spiro atoms. The van der Waals surface area contributed by atoms with E-state index in [9.17, 15) is 14.7 Å². The molecule has 3 heterocycles. The van der Waals surface area contributed by atoms with E-state index in [0.717, 1.165) is 18.5 Å². The van der Waals surface area contributed by atoms with E-state index in [1.54, 1.807) is 0 Å². The molecule has 2 fully saturated rings. The third kappa shape index (κ3) is 3.21. The molecule has 2 aromatic rings. The van der Waals surface area contributed by atoms with Crippen molar-refractivity contribution < 1.29 is 14.4 Å². The second kappa shape index (κ2) is 6.11. The predicted octanol–water partition coefficient (Wildman–Crippen LogP) is 0.619. The van der Waals surface area contributed by atoms with Crippen molar-refractivity contribution in [3.63, 3.8) is 0 Å². The fourth-order valence-corrected chi connectivity index (χ4v) is 3.29. The molecule has 25 heavy (non-hydrogen) atoms. The summed E-state index contributed by atoms with van der Waals surface area (Å²) in [7, 11) is 0. The minimum Gasteiger partial charge on any atom is -0.391 e. The number of rotatable bonds is 4. The summed E-state index contributed by atoms with van der Waals surface area (Å²) in [6.45, 7) is 2.39. The SMILES string of the molecule is Cc1cc(C[C@@H]2CN(C(=O)c3cnc(C4CC4)[nH]c3=O)C[C@@H]2O)on1. The number of amides is 1. The van der Waals surface area contributed by atoms with Crippen molar-refractivity contribution >= 4 is 5.91 Å². The highest BCUT2D eigenvalue weighted by atomic mass is 16.5. The van der Waals surface area contributed by atoms with Gasteiger partial charge in [-0.2, -0.15) is 0 Å². The number of carbonyl (C=O) groups excluding carboxylic acids is 1. The van der Waals surface area contributed by atoms with Gasteiger partial charge in [0.2, 0.25) is 0 Å². The molecule has 2 N–H and O–H groups in total. The van der Waals surface area contributed by atoms with Crippen LogP contribution in [0.5, 0.6) is 0 Å². The molecular weight excluding hydrogens is 324 g/mol. The van der Waals surface area contributed by atoms with Gasteiger partial charge >= 0.3 is 0 Å². The molecule has 8 heteroatoms. The summed E-state index contributed by atoms with van der Waals surface area (Å²) in [5.41, 5.74) is 0.391. The van der Waals surface area contributed by atoms with E-state index in [-0.39, 0.29) is 18.0 Å². The van der Waals surface area contributed by atoms with E-state index in [1.807, 2.05) is 13.0 Å². The van der Waals surface area contributed by atoms with E-state index >= 15 is 0 Å². The van der Waals surface area contributed by atoms with Crippen LogP contribution in [-0.2, 0) is 6.42 Å². The Morgan fingerprint density at radius 1 is 1.44 bits per heavy atom. The molecular formula is C17H20N4O4. The van der Waals surface area contributed by atoms with Crippen molar-refractivity contribution in [2.75, 3.05) is 13.1 Å². The summed E-state index contributed by atoms with van der Waals surface area (Å²) in [4.78, 5) is 33.3. The number of aryl methyl sites for hydroxylation is 1. The Hall–Kier alpha value is -2.48. The van der Waals surface area contributed by atoms with Gasteiger partial charge < -0.3 is 19.5 Å². The van der Waals surface area contributed by atoms with Crippen LogP contribution in [0, 0.1) is 12.8 Å². The third-order valence-corrected chi connectivity index (χ3v) is 4.85. The first-order chi connectivity index (χ1) is 12.0. The van der Waals surface area contributed by atoms with Gasteiger partial charge in [0.05, 0.1) is 11.8 Å². The van der Waals surface area contributed by atoms with Crippen LogP contribution in [0.25, 0.3) is 0 Å². The summed E-state index contributed by atoms with van der Waals surface area (Å²) >= 11 is 0. The lowest BCUT2D eigenvalue weighted by atomic mass is 10.0. The molecule has 1 aliphatic heterocycles. The molecule has 0 unspecified atom stereocenters. The average Bonchev–Trinajstić information content (AvgIpc) is 3.26. The number of hydrogen-bond donors (Lipinski definition) is 2. The highest BCUT2D eigenvalue weighted by molar-refractivity contribution is 5.93. The Morgan fingerprint density at radius 2 is 2.24 bits per heavy atom. The zero-order valence-electron chi connectivity index (χ0n) is 13.9. The Kier molecular flexibility index (Phi) is 3.91. The zero-order valence-corrected chi connectivity index (χ0v) is 13.9. The predicted molar refractivity (Wildman–Crippen MR) is 87.2 cm³/mol. The molecule has 1 saturated carbocycles. The van der Waals surface area contributed by atoms with E-state index in [1.165, 1.54) is 11.1 Å². The van der Waals surface area contributed by atoms with Crippen molar-refractivity contribution in [3.05, 3.63) is 45.5 Å². The molecule has 2 aromatic heterocycles. The summed E-state index contributed by atoms with van der Waals surface area (Å²) < 4.78 is 5.19. The number of H-pyrrole nitrogens is 1. The number of hydrogen-bond acceptors (Lipinski definition) is 6. The molecule has 4 rings (SSSR count). The van der Waals surface area contributed by atoms with Crippen LogP contribution >= 0.6 is 0 Å². The number of aliphatic hydroxyl groups is 1. The second-order valence-corrected chi connectivity index (χ2v) is 6.96. The minimum absolute atomic E-state index is 0.0211. The quantitative estimate of drug-likeness (QED) is 0.841. The second-order valence-electron chi connectivity index (χ2n) is 6.96. The average molecular weight is 344 g/mol. The Morgan fingerprint density at radius 3 is 2.88 bits per heavy atom. The lowest BCUT2D eigenvalue weighted by molar-refractivity contribution is 0.0762. The first-order valence-corrected chi connectivity index (χ1v) is 8.50. The maximum absolute atomic E-state index is 12.6. The largest absolute Gasteiger partial charge is 0.391 e. The van der Waals surface area contributed by atoms with E-state index in [0.29, 0.717) is 30.5 Å². The number of β-amino-alcohol motifs (C(OH)–C–C–N with tert-alkyl or cyclic N) is 1. The molecule has 2 atom stereocenters. The molecule has 0 aromatic carbocycles. The molecule has 132 valence electrons. The van der Waals surface area contributed by atoms with E-state index in [4.69, 9.17) is 4.52 Å². The van der Waals surface area contributed by atoms with Gasteiger partial charge in [0.25, 0.3) is 11.5 Å². The standard InChI is InChI=1S/C17H20N4O4/c1-9-4-12(25-20-9)5-11-7-21(8-14(11)22)17(24)13-6-18-15(10-2-3-10)19-16(13)23/h4,6,10-11,14,22H,2-3,5,7-8H2,1H3,(H,18,19,23)/t11-,14+/m1/s1. The van der Waals surface area contributed by atoms with Crippen LogP contribution in [-0.4, -0.2) is 50.2 Å². The summed E-state index contributed by atoms with van der Waals surface area (Å²) in [6, 6.07) is 1.82. The highest BCUT2D eigenvalue weighted by Crippen LogP contribution is 2.37. The van der Waals surface area contributed by atoms with Gasteiger partial charge in [-0.05, 0) is 19.8 Å². The number of likely N-dealkylation sites (tertiary alicyclic amines) is 1. The molecule has 8 nitrogen and oxygen atoms in total. The first kappa shape index (κ1) is 16.0. The number of aromatic nitrogens is 3. The normalized spacial score (nSPS) is 23.2. The number of carbonyl (C=O) groups is 1. The van der Waals surface area contributed by atoms with Crippen LogP contribution in [0.3, 0.4) is 0 Å². The van der Waals surface area contributed by atoms with Gasteiger partial charge in [-0.3, -0.25) is 9.59 Å². The van der Waals surface area contributed by atoms with Crippen molar-refractivity contribution in [2.45, 2.75) is 38.2 Å². The van der Waals surface area contributed by atoms with Gasteiger partial charge in [0.15, 0.2) is 0 Å². The lowest BCUT2D eigenvalue weighted by Crippen LogP contribution is -2.34. The first-order valence-electron chi connectivity index (χ1n) is 8.50. The lowest BCUT2D eigenvalue weighted by Gasteiger charge is -2.15. The van der Waals surface area contributed by atoms with Gasteiger partial charge in [0.1, 0.15) is 17.1 Å². The molecule has 0 bridgehead atoms. The van der Waals surface area contributed by atoms with Crippen LogP contribution in [0.4, 0.5) is 0 Å².